The van der Waals surface area contributed by atoms with Crippen LogP contribution in [-0.2, 0) is 10.9 Å². The van der Waals surface area contributed by atoms with Crippen molar-refractivity contribution in [1.29, 1.82) is 0 Å². The number of H-pyrrole nitrogens is 1. The van der Waals surface area contributed by atoms with Crippen LogP contribution in [0.15, 0.2) is 6.07 Å². The highest BCUT2D eigenvalue weighted by Crippen LogP contribution is 2.31. The molecule has 3 heterocycles. The Balaban J connectivity index is 1.52. The Kier molecular flexibility index (Phi) is 5.23. The highest BCUT2D eigenvalue weighted by molar-refractivity contribution is 5.16. The fourth-order valence-corrected chi connectivity index (χ4v) is 3.31. The zero-order valence-corrected chi connectivity index (χ0v) is 13.1. The zero-order valence-electron chi connectivity index (χ0n) is 13.1. The minimum atomic E-state index is -4.38. The van der Waals surface area contributed by atoms with Gasteiger partial charge in [-0.2, -0.15) is 18.3 Å². The highest BCUT2D eigenvalue weighted by atomic mass is 19.4. The lowest BCUT2D eigenvalue weighted by molar-refractivity contribution is -0.141. The summed E-state index contributed by atoms with van der Waals surface area (Å²) >= 11 is 0. The molecule has 0 radical (unpaired) electrons. The number of piperidine rings is 1. The smallest absolute Gasteiger partial charge is 0.379 e. The quantitative estimate of drug-likeness (QED) is 0.915. The molecule has 3 rings (SSSR count). The summed E-state index contributed by atoms with van der Waals surface area (Å²) in [5.41, 5.74) is -0.216. The number of alkyl halides is 3. The van der Waals surface area contributed by atoms with Gasteiger partial charge in [-0.3, -0.25) is 10.00 Å². The summed E-state index contributed by atoms with van der Waals surface area (Å²) in [7, 11) is 0. The third-order valence-corrected chi connectivity index (χ3v) is 4.67. The molecule has 2 fully saturated rings. The van der Waals surface area contributed by atoms with Gasteiger partial charge in [0, 0.05) is 44.3 Å². The van der Waals surface area contributed by atoms with Crippen LogP contribution in [0.25, 0.3) is 0 Å². The molecule has 0 aromatic carbocycles. The van der Waals surface area contributed by atoms with Crippen molar-refractivity contribution in [3.05, 3.63) is 17.5 Å². The van der Waals surface area contributed by atoms with Crippen LogP contribution in [0.1, 0.15) is 30.1 Å². The number of hydrogen-bond acceptors (Lipinski definition) is 4. The maximum atomic E-state index is 12.7. The van der Waals surface area contributed by atoms with Crippen LogP contribution in [-0.4, -0.2) is 72.5 Å². The van der Waals surface area contributed by atoms with Gasteiger partial charge in [-0.15, -0.1) is 0 Å². The number of aromatic nitrogens is 2. The van der Waals surface area contributed by atoms with E-state index in [1.54, 1.807) is 0 Å². The maximum absolute atomic E-state index is 12.7. The van der Waals surface area contributed by atoms with Crippen LogP contribution in [0.4, 0.5) is 13.2 Å². The molecule has 1 atom stereocenters. The van der Waals surface area contributed by atoms with Crippen LogP contribution in [0, 0.1) is 0 Å². The van der Waals surface area contributed by atoms with E-state index >= 15 is 0 Å². The van der Waals surface area contributed by atoms with Crippen LogP contribution in [0.5, 0.6) is 0 Å². The van der Waals surface area contributed by atoms with Crippen LogP contribution in [0.3, 0.4) is 0 Å². The molecule has 2 aliphatic rings. The molecule has 130 valence electrons. The Bertz CT molecular complexity index is 499. The minimum Gasteiger partial charge on any atom is -0.379 e. The second-order valence-corrected chi connectivity index (χ2v) is 6.30. The Morgan fingerprint density at radius 1 is 1.17 bits per heavy atom. The van der Waals surface area contributed by atoms with Gasteiger partial charge < -0.3 is 9.64 Å². The summed E-state index contributed by atoms with van der Waals surface area (Å²) in [6.07, 6.45) is -2.46. The summed E-state index contributed by atoms with van der Waals surface area (Å²) in [6.45, 7) is 7.27. The van der Waals surface area contributed by atoms with Gasteiger partial charge in [-0.25, -0.2) is 0 Å². The molecule has 0 aliphatic carbocycles. The largest absolute Gasteiger partial charge is 0.435 e. The van der Waals surface area contributed by atoms with Crippen molar-refractivity contribution in [1.82, 2.24) is 20.0 Å². The first-order valence-corrected chi connectivity index (χ1v) is 8.17. The van der Waals surface area contributed by atoms with Crippen molar-refractivity contribution >= 4 is 0 Å². The Morgan fingerprint density at radius 2 is 1.91 bits per heavy atom. The van der Waals surface area contributed by atoms with Crippen molar-refractivity contribution < 1.29 is 17.9 Å². The number of halogens is 3. The van der Waals surface area contributed by atoms with E-state index < -0.39 is 11.9 Å². The molecule has 1 aromatic heterocycles. The lowest BCUT2D eigenvalue weighted by Crippen LogP contribution is -2.43. The van der Waals surface area contributed by atoms with Gasteiger partial charge in [0.15, 0.2) is 5.69 Å². The van der Waals surface area contributed by atoms with Crippen LogP contribution >= 0.6 is 0 Å². The standard InChI is InChI=1S/C15H23F3N4O/c16-15(17,18)14-10-13(19-20-14)12-2-1-3-22(11-12)5-4-21-6-8-23-9-7-21/h10,12H,1-9,11H2,(H,19,20)/t12-/m0/s1. The number of nitrogens with one attached hydrogen (secondary N) is 1. The molecule has 8 heteroatoms. The van der Waals surface area contributed by atoms with Gasteiger partial charge in [0.25, 0.3) is 0 Å². The normalized spacial score (nSPS) is 24.9. The summed E-state index contributed by atoms with van der Waals surface area (Å²) < 4.78 is 43.3. The third kappa shape index (κ3) is 4.45. The summed E-state index contributed by atoms with van der Waals surface area (Å²) in [4.78, 5) is 4.72. The topological polar surface area (TPSA) is 44.4 Å². The van der Waals surface area contributed by atoms with Gasteiger partial charge in [0.2, 0.25) is 0 Å². The van der Waals surface area contributed by atoms with Crippen molar-refractivity contribution in [3.8, 4) is 0 Å². The van der Waals surface area contributed by atoms with Crippen LogP contribution < -0.4 is 0 Å². The van der Waals surface area contributed by atoms with E-state index in [4.69, 9.17) is 4.74 Å². The first-order chi connectivity index (χ1) is 11.0. The Hall–Kier alpha value is -1.12. The first kappa shape index (κ1) is 16.7. The predicted molar refractivity (Wildman–Crippen MR) is 79.3 cm³/mol. The molecule has 23 heavy (non-hydrogen) atoms. The molecule has 0 spiro atoms. The fourth-order valence-electron chi connectivity index (χ4n) is 3.31. The number of likely N-dealkylation sites (tertiary alicyclic amines) is 1. The molecule has 2 aliphatic heterocycles. The van der Waals surface area contributed by atoms with E-state index in [9.17, 15) is 13.2 Å². The Morgan fingerprint density at radius 3 is 2.61 bits per heavy atom. The third-order valence-electron chi connectivity index (χ3n) is 4.67. The van der Waals surface area contributed by atoms with Gasteiger partial charge in [-0.05, 0) is 25.5 Å². The summed E-state index contributed by atoms with van der Waals surface area (Å²) in [6, 6.07) is 1.16. The molecule has 0 saturated carbocycles. The second-order valence-electron chi connectivity index (χ2n) is 6.30. The molecular weight excluding hydrogens is 309 g/mol. The molecule has 2 saturated heterocycles. The van der Waals surface area contributed by atoms with Crippen molar-refractivity contribution in [2.45, 2.75) is 24.9 Å². The number of aromatic amines is 1. The molecular formula is C15H23F3N4O. The predicted octanol–water partition coefficient (Wildman–Crippen LogP) is 1.94. The average molecular weight is 332 g/mol. The molecule has 0 amide bonds. The van der Waals surface area contributed by atoms with E-state index in [1.807, 2.05) is 0 Å². The number of morpholine rings is 1. The van der Waals surface area contributed by atoms with Gasteiger partial charge >= 0.3 is 6.18 Å². The monoisotopic (exact) mass is 332 g/mol. The van der Waals surface area contributed by atoms with Crippen molar-refractivity contribution in [2.75, 3.05) is 52.5 Å². The van der Waals surface area contributed by atoms with E-state index in [1.165, 1.54) is 0 Å². The van der Waals surface area contributed by atoms with Gasteiger partial charge in [0.1, 0.15) is 0 Å². The molecule has 1 N–H and O–H groups in total. The lowest BCUT2D eigenvalue weighted by Gasteiger charge is -2.34. The number of rotatable bonds is 4. The number of ether oxygens (including phenoxy) is 1. The van der Waals surface area contributed by atoms with Gasteiger partial charge in [0.05, 0.1) is 13.2 Å². The number of nitrogens with zero attached hydrogens (tertiary/aromatic N) is 3. The Labute approximate surface area is 133 Å². The zero-order chi connectivity index (χ0) is 16.3. The van der Waals surface area contributed by atoms with Gasteiger partial charge in [-0.1, -0.05) is 0 Å². The first-order valence-electron chi connectivity index (χ1n) is 8.17. The molecule has 5 nitrogen and oxygen atoms in total. The minimum absolute atomic E-state index is 0.108. The highest BCUT2D eigenvalue weighted by Gasteiger charge is 2.35. The van der Waals surface area contributed by atoms with Crippen LogP contribution in [0.2, 0.25) is 0 Å². The average Bonchev–Trinajstić information content (AvgIpc) is 3.05. The SMILES string of the molecule is FC(F)(F)c1cc([C@H]2CCCN(CCN3CCOCC3)C2)[nH]n1. The van der Waals surface area contributed by atoms with E-state index in [-0.39, 0.29) is 5.92 Å². The second kappa shape index (κ2) is 7.19. The maximum Gasteiger partial charge on any atom is 0.435 e. The number of hydrogen-bond donors (Lipinski definition) is 1. The van der Waals surface area contributed by atoms with Crippen molar-refractivity contribution in [2.24, 2.45) is 0 Å². The fraction of sp³-hybridized carbons (Fsp3) is 0.800. The molecule has 1 aromatic rings. The van der Waals surface area contributed by atoms with Crippen molar-refractivity contribution in [3.63, 3.8) is 0 Å². The molecule has 0 bridgehead atoms. The summed E-state index contributed by atoms with van der Waals surface area (Å²) in [5, 5.41) is 6.00. The molecule has 0 unspecified atom stereocenters. The summed E-state index contributed by atoms with van der Waals surface area (Å²) in [5.74, 6) is 0.108. The van der Waals surface area contributed by atoms with E-state index in [0.29, 0.717) is 5.69 Å². The van der Waals surface area contributed by atoms with E-state index in [0.717, 1.165) is 71.4 Å². The lowest BCUT2D eigenvalue weighted by atomic mass is 9.94. The van der Waals surface area contributed by atoms with E-state index in [2.05, 4.69) is 20.0 Å².